The number of fused-ring (bicyclic) bond motifs is 1. The molecule has 6 heteroatoms. The van der Waals surface area contributed by atoms with E-state index in [9.17, 15) is 4.79 Å². The van der Waals surface area contributed by atoms with E-state index in [1.54, 1.807) is 0 Å². The Kier molecular flexibility index (Phi) is 4.47. The maximum Gasteiger partial charge on any atom is 0.229 e. The number of nitrogens with one attached hydrogen (secondary N) is 1. The van der Waals surface area contributed by atoms with Crippen LogP contribution in [0.15, 0.2) is 15.0 Å². The largest absolute Gasteiger partial charge is 0.466 e. The van der Waals surface area contributed by atoms with Gasteiger partial charge in [0, 0.05) is 24.0 Å². The number of carbonyl (C=O) groups excluding carboxylic acids is 1. The predicted molar refractivity (Wildman–Crippen MR) is 91.0 cm³/mol. The SMILES string of the molecule is Cc1cc2c(o1)CC(C)(C)CC2NC(=O)CCc1c(C)noc1Cl. The summed E-state index contributed by atoms with van der Waals surface area (Å²) in [5.41, 5.74) is 2.75. The van der Waals surface area contributed by atoms with Crippen molar-refractivity contribution in [1.82, 2.24) is 10.5 Å². The van der Waals surface area contributed by atoms with E-state index in [0.717, 1.165) is 41.2 Å². The number of nitrogens with zero attached hydrogens (tertiary/aromatic N) is 1. The standard InChI is InChI=1S/C18H23ClN2O3/c1-10-7-13-14(8-18(3,4)9-15(13)23-10)20-16(22)6-5-12-11(2)21-24-17(12)19/h7,14H,5-6,8-9H2,1-4H3,(H,20,22). The van der Waals surface area contributed by atoms with E-state index < -0.39 is 0 Å². The molecule has 1 N–H and O–H groups in total. The average Bonchev–Trinajstić information content (AvgIpc) is 2.98. The number of aromatic nitrogens is 1. The van der Waals surface area contributed by atoms with Crippen molar-refractivity contribution in [2.45, 2.75) is 59.4 Å². The van der Waals surface area contributed by atoms with E-state index in [2.05, 4.69) is 24.3 Å². The van der Waals surface area contributed by atoms with Gasteiger partial charge < -0.3 is 14.3 Å². The van der Waals surface area contributed by atoms with Crippen molar-refractivity contribution < 1.29 is 13.7 Å². The third-order valence-electron chi connectivity index (χ3n) is 4.61. The van der Waals surface area contributed by atoms with Crippen molar-refractivity contribution in [3.63, 3.8) is 0 Å². The molecule has 1 aliphatic rings. The molecule has 0 radical (unpaired) electrons. The molecule has 3 rings (SSSR count). The van der Waals surface area contributed by atoms with Gasteiger partial charge in [0.1, 0.15) is 11.5 Å². The molecule has 2 aromatic rings. The van der Waals surface area contributed by atoms with Crippen molar-refractivity contribution in [1.29, 1.82) is 0 Å². The fraction of sp³-hybridized carbons (Fsp3) is 0.556. The van der Waals surface area contributed by atoms with E-state index >= 15 is 0 Å². The first kappa shape index (κ1) is 17.1. The Balaban J connectivity index is 1.68. The zero-order valence-electron chi connectivity index (χ0n) is 14.5. The van der Waals surface area contributed by atoms with Crippen LogP contribution in [0.25, 0.3) is 0 Å². The van der Waals surface area contributed by atoms with Gasteiger partial charge in [-0.25, -0.2) is 0 Å². The third-order valence-corrected chi connectivity index (χ3v) is 4.91. The lowest BCUT2D eigenvalue weighted by Crippen LogP contribution is -2.36. The number of aryl methyl sites for hydroxylation is 2. The molecular formula is C18H23ClN2O3. The Hall–Kier alpha value is -1.75. The number of rotatable bonds is 4. The van der Waals surface area contributed by atoms with E-state index in [1.165, 1.54) is 0 Å². The van der Waals surface area contributed by atoms with Crippen molar-refractivity contribution in [3.05, 3.63) is 39.6 Å². The van der Waals surface area contributed by atoms with Gasteiger partial charge in [0.25, 0.3) is 0 Å². The molecular weight excluding hydrogens is 328 g/mol. The summed E-state index contributed by atoms with van der Waals surface area (Å²) in [5, 5.41) is 7.23. The summed E-state index contributed by atoms with van der Waals surface area (Å²) < 4.78 is 10.7. The fourth-order valence-electron chi connectivity index (χ4n) is 3.46. The van der Waals surface area contributed by atoms with Crippen LogP contribution in [-0.2, 0) is 17.6 Å². The maximum absolute atomic E-state index is 12.4. The lowest BCUT2D eigenvalue weighted by molar-refractivity contribution is -0.122. The van der Waals surface area contributed by atoms with Crippen LogP contribution in [-0.4, -0.2) is 11.1 Å². The number of hydrogen-bond acceptors (Lipinski definition) is 4. The summed E-state index contributed by atoms with van der Waals surface area (Å²) in [4.78, 5) is 12.4. The Labute approximate surface area is 146 Å². The fourth-order valence-corrected chi connectivity index (χ4v) is 3.72. The molecule has 1 unspecified atom stereocenters. The summed E-state index contributed by atoms with van der Waals surface area (Å²) in [6.07, 6.45) is 2.67. The number of hydrogen-bond donors (Lipinski definition) is 1. The predicted octanol–water partition coefficient (Wildman–Crippen LogP) is 4.30. The molecule has 0 bridgehead atoms. The number of halogens is 1. The van der Waals surface area contributed by atoms with Crippen molar-refractivity contribution in [2.75, 3.05) is 0 Å². The van der Waals surface area contributed by atoms with Gasteiger partial charge in [-0.05, 0) is 49.8 Å². The first-order valence-electron chi connectivity index (χ1n) is 8.24. The van der Waals surface area contributed by atoms with Gasteiger partial charge in [0.05, 0.1) is 11.7 Å². The Morgan fingerprint density at radius 2 is 2.21 bits per heavy atom. The topological polar surface area (TPSA) is 68.3 Å². The minimum absolute atomic E-state index is 0.000769. The molecule has 24 heavy (non-hydrogen) atoms. The molecule has 2 aromatic heterocycles. The van der Waals surface area contributed by atoms with E-state index in [-0.39, 0.29) is 22.6 Å². The lowest BCUT2D eigenvalue weighted by Gasteiger charge is -2.34. The normalized spacial score (nSPS) is 19.1. The highest BCUT2D eigenvalue weighted by Crippen LogP contribution is 2.42. The smallest absolute Gasteiger partial charge is 0.229 e. The second-order valence-electron chi connectivity index (χ2n) is 7.42. The number of furan rings is 1. The minimum atomic E-state index is -0.00672. The molecule has 0 aliphatic heterocycles. The van der Waals surface area contributed by atoms with E-state index in [1.807, 2.05) is 19.9 Å². The molecule has 1 aliphatic carbocycles. The van der Waals surface area contributed by atoms with Crippen LogP contribution in [0.5, 0.6) is 0 Å². The van der Waals surface area contributed by atoms with Crippen LogP contribution in [0.3, 0.4) is 0 Å². The summed E-state index contributed by atoms with van der Waals surface area (Å²) in [7, 11) is 0. The van der Waals surface area contributed by atoms with Gasteiger partial charge in [-0.2, -0.15) is 0 Å². The minimum Gasteiger partial charge on any atom is -0.466 e. The highest BCUT2D eigenvalue weighted by Gasteiger charge is 2.35. The van der Waals surface area contributed by atoms with Crippen molar-refractivity contribution in [2.24, 2.45) is 5.41 Å². The van der Waals surface area contributed by atoms with Crippen molar-refractivity contribution in [3.8, 4) is 0 Å². The molecule has 0 aromatic carbocycles. The van der Waals surface area contributed by atoms with Crippen LogP contribution in [0.2, 0.25) is 5.22 Å². The summed E-state index contributed by atoms with van der Waals surface area (Å²) in [5.74, 6) is 1.88. The first-order valence-corrected chi connectivity index (χ1v) is 8.62. The van der Waals surface area contributed by atoms with E-state index in [0.29, 0.717) is 12.8 Å². The summed E-state index contributed by atoms with van der Waals surface area (Å²) in [6, 6.07) is 2.03. The Morgan fingerprint density at radius 3 is 2.88 bits per heavy atom. The average molecular weight is 351 g/mol. The van der Waals surface area contributed by atoms with E-state index in [4.69, 9.17) is 20.5 Å². The van der Waals surface area contributed by atoms with Gasteiger partial charge in [-0.15, -0.1) is 0 Å². The Morgan fingerprint density at radius 1 is 1.46 bits per heavy atom. The van der Waals surface area contributed by atoms with Gasteiger partial charge in [0.15, 0.2) is 0 Å². The lowest BCUT2D eigenvalue weighted by atomic mass is 9.74. The molecule has 0 saturated carbocycles. The Bertz CT molecular complexity index is 741. The van der Waals surface area contributed by atoms with Crippen LogP contribution >= 0.6 is 11.6 Å². The second-order valence-corrected chi connectivity index (χ2v) is 7.76. The highest BCUT2D eigenvalue weighted by atomic mass is 35.5. The van der Waals surface area contributed by atoms with Gasteiger partial charge in [0.2, 0.25) is 11.1 Å². The molecule has 0 saturated heterocycles. The zero-order valence-corrected chi connectivity index (χ0v) is 15.3. The highest BCUT2D eigenvalue weighted by molar-refractivity contribution is 6.29. The maximum atomic E-state index is 12.4. The van der Waals surface area contributed by atoms with Crippen LogP contribution in [0, 0.1) is 19.3 Å². The zero-order chi connectivity index (χ0) is 17.5. The van der Waals surface area contributed by atoms with Crippen molar-refractivity contribution >= 4 is 17.5 Å². The first-order chi connectivity index (χ1) is 11.2. The molecule has 1 atom stereocenters. The second kappa shape index (κ2) is 6.28. The van der Waals surface area contributed by atoms with Crippen LogP contribution in [0.1, 0.15) is 61.1 Å². The monoisotopic (exact) mass is 350 g/mol. The van der Waals surface area contributed by atoms with Crippen LogP contribution in [0.4, 0.5) is 0 Å². The van der Waals surface area contributed by atoms with Crippen LogP contribution < -0.4 is 5.32 Å². The van der Waals surface area contributed by atoms with Gasteiger partial charge in [-0.1, -0.05) is 19.0 Å². The number of carbonyl (C=O) groups is 1. The third kappa shape index (κ3) is 3.51. The number of amides is 1. The van der Waals surface area contributed by atoms with Gasteiger partial charge >= 0.3 is 0 Å². The molecule has 1 amide bonds. The summed E-state index contributed by atoms with van der Waals surface area (Å²) >= 11 is 5.95. The molecule has 0 fully saturated rings. The summed E-state index contributed by atoms with van der Waals surface area (Å²) in [6.45, 7) is 8.17. The molecule has 130 valence electrons. The molecule has 5 nitrogen and oxygen atoms in total. The quantitative estimate of drug-likeness (QED) is 0.892. The molecule has 2 heterocycles. The molecule has 0 spiro atoms. The van der Waals surface area contributed by atoms with Gasteiger partial charge in [-0.3, -0.25) is 4.79 Å².